The van der Waals surface area contributed by atoms with Gasteiger partial charge in [0.2, 0.25) is 0 Å². The molecule has 0 N–H and O–H groups in total. The molecule has 0 aromatic heterocycles. The van der Waals surface area contributed by atoms with Crippen molar-refractivity contribution in [1.29, 1.82) is 0 Å². The van der Waals surface area contributed by atoms with Gasteiger partial charge in [-0.1, -0.05) is 0 Å². The third-order valence-electron chi connectivity index (χ3n) is 0.321. The Hall–Kier alpha value is 0.0138. The van der Waals surface area contributed by atoms with Gasteiger partial charge in [0.1, 0.15) is 0 Å². The first kappa shape index (κ1) is 8.01. The van der Waals surface area contributed by atoms with Gasteiger partial charge >= 0.3 is 17.2 Å². The van der Waals surface area contributed by atoms with Gasteiger partial charge in [-0.15, -0.1) is 0 Å². The predicted molar refractivity (Wildman–Crippen MR) is 18.2 cm³/mol. The maximum atomic E-state index is 10.6. The van der Waals surface area contributed by atoms with Crippen LogP contribution >= 0.6 is 0 Å². The highest BCUT2D eigenvalue weighted by atomic mass is 29.4. The number of hydrogen-bond donors (Lipinski definition) is 0. The molecule has 0 saturated heterocycles. The fourth-order valence-corrected chi connectivity index (χ4v) is 0. The van der Waals surface area contributed by atoms with Crippen LogP contribution in [0.15, 0.2) is 0 Å². The van der Waals surface area contributed by atoms with Crippen LogP contribution in [0.5, 0.6) is 0 Å². The first-order valence-electron chi connectivity index (χ1n) is 1.38. The standard InChI is InChI=1S/F6Si2/c1-7(2,3)8(4,5)6. The first-order chi connectivity index (χ1) is 3.25. The van der Waals surface area contributed by atoms with Gasteiger partial charge < -0.3 is 0 Å². The minimum atomic E-state index is -7.22. The lowest BCUT2D eigenvalue weighted by Crippen LogP contribution is -2.43. The van der Waals surface area contributed by atoms with Crippen LogP contribution in [-0.4, -0.2) is 17.2 Å². The van der Waals surface area contributed by atoms with Crippen molar-refractivity contribution in [3.63, 3.8) is 0 Å². The zero-order valence-corrected chi connectivity index (χ0v) is 5.27. The second kappa shape index (κ2) is 1.76. The predicted octanol–water partition coefficient (Wildman–Crippen LogP) is 1.76. The monoisotopic (exact) mass is 170 g/mol. The van der Waals surface area contributed by atoms with E-state index < -0.39 is 17.2 Å². The summed E-state index contributed by atoms with van der Waals surface area (Å²) in [4.78, 5) is 0. The Balaban J connectivity index is 4.02. The molecular weight excluding hydrogens is 170 g/mol. The lowest BCUT2D eigenvalue weighted by atomic mass is 18.6. The lowest BCUT2D eigenvalue weighted by Gasteiger charge is -2.00. The number of hydrogen-bond acceptors (Lipinski definition) is 0. The fraction of sp³-hybridized carbons (Fsp3) is 0. The highest BCUT2D eigenvalue weighted by molar-refractivity contribution is 7.24. The fourth-order valence-electron chi connectivity index (χ4n) is 0. The average Bonchev–Trinajstić information content (AvgIpc) is 1.25. The molecule has 0 heterocycles. The summed E-state index contributed by atoms with van der Waals surface area (Å²) in [5, 5.41) is 0. The van der Waals surface area contributed by atoms with Gasteiger partial charge in [-0.2, -0.15) is 0 Å². The van der Waals surface area contributed by atoms with Gasteiger partial charge in [-0.25, -0.2) is 24.6 Å². The molecule has 0 fully saturated rings. The highest BCUT2D eigenvalue weighted by Gasteiger charge is 2.72. The number of halogens is 6. The Bertz CT molecular complexity index is 61.5. The smallest absolute Gasteiger partial charge is 0.235 e. The summed E-state index contributed by atoms with van der Waals surface area (Å²) < 4.78 is 63.8. The summed E-state index contributed by atoms with van der Waals surface area (Å²) in [6.45, 7) is 0. The second-order valence-corrected chi connectivity index (χ2v) is 6.39. The normalized spacial score (nSPS) is 14.2. The Kier molecular flexibility index (Phi) is 1.76. The molecule has 0 rings (SSSR count). The van der Waals surface area contributed by atoms with Crippen molar-refractivity contribution in [2.24, 2.45) is 0 Å². The van der Waals surface area contributed by atoms with Crippen molar-refractivity contribution in [3.05, 3.63) is 0 Å². The van der Waals surface area contributed by atoms with Crippen LogP contribution in [-0.2, 0) is 0 Å². The molecule has 0 aromatic carbocycles. The maximum Gasteiger partial charge on any atom is 0.705 e. The molecule has 0 spiro atoms. The molecule has 0 unspecified atom stereocenters. The third-order valence-corrected chi connectivity index (χ3v) is 2.89. The van der Waals surface area contributed by atoms with Gasteiger partial charge in [0.05, 0.1) is 0 Å². The molecular formula is F6Si2. The van der Waals surface area contributed by atoms with Crippen molar-refractivity contribution in [3.8, 4) is 0 Å². The van der Waals surface area contributed by atoms with Gasteiger partial charge in [0.25, 0.3) is 0 Å². The Morgan fingerprint density at radius 1 is 0.500 bits per heavy atom. The van der Waals surface area contributed by atoms with Crippen molar-refractivity contribution in [2.75, 3.05) is 0 Å². The van der Waals surface area contributed by atoms with E-state index in [-0.39, 0.29) is 0 Å². The van der Waals surface area contributed by atoms with Crippen molar-refractivity contribution in [2.45, 2.75) is 0 Å². The summed E-state index contributed by atoms with van der Waals surface area (Å²) >= 11 is 0. The zero-order chi connectivity index (χ0) is 7.00. The molecule has 50 valence electrons. The Labute approximate surface area is 43.0 Å². The summed E-state index contributed by atoms with van der Waals surface area (Å²) in [6.07, 6.45) is 0. The molecule has 0 saturated carbocycles. The lowest BCUT2D eigenvalue weighted by molar-refractivity contribution is 0.417. The van der Waals surface area contributed by atoms with Crippen molar-refractivity contribution >= 4 is 17.2 Å². The molecule has 8 heteroatoms. The van der Waals surface area contributed by atoms with Gasteiger partial charge in [-0.05, 0) is 0 Å². The van der Waals surface area contributed by atoms with E-state index in [1.807, 2.05) is 0 Å². The number of rotatable bonds is 1. The third kappa shape index (κ3) is 1.86. The van der Waals surface area contributed by atoms with E-state index in [1.54, 1.807) is 0 Å². The molecule has 0 bridgehead atoms. The minimum Gasteiger partial charge on any atom is -0.235 e. The van der Waals surface area contributed by atoms with Crippen LogP contribution in [0.3, 0.4) is 0 Å². The second-order valence-electron chi connectivity index (χ2n) is 0.996. The van der Waals surface area contributed by atoms with Crippen LogP contribution in [0, 0.1) is 0 Å². The van der Waals surface area contributed by atoms with Crippen LogP contribution < -0.4 is 0 Å². The van der Waals surface area contributed by atoms with E-state index in [1.165, 1.54) is 0 Å². The molecule has 0 radical (unpaired) electrons. The van der Waals surface area contributed by atoms with Crippen molar-refractivity contribution < 1.29 is 24.6 Å². The van der Waals surface area contributed by atoms with Gasteiger partial charge in [-0.3, -0.25) is 0 Å². The van der Waals surface area contributed by atoms with E-state index in [9.17, 15) is 24.6 Å². The topological polar surface area (TPSA) is 0 Å². The van der Waals surface area contributed by atoms with Gasteiger partial charge in [0.15, 0.2) is 0 Å². The maximum absolute atomic E-state index is 10.6. The highest BCUT2D eigenvalue weighted by Crippen LogP contribution is 2.26. The molecule has 8 heavy (non-hydrogen) atoms. The Morgan fingerprint density at radius 2 is 0.625 bits per heavy atom. The summed E-state index contributed by atoms with van der Waals surface area (Å²) in [5.74, 6) is 0. The molecule has 0 nitrogen and oxygen atoms in total. The first-order valence-corrected chi connectivity index (χ1v) is 5.65. The van der Waals surface area contributed by atoms with Crippen LogP contribution in [0.1, 0.15) is 0 Å². The van der Waals surface area contributed by atoms with E-state index in [0.717, 1.165) is 0 Å². The zero-order valence-electron chi connectivity index (χ0n) is 3.27. The Morgan fingerprint density at radius 3 is 0.625 bits per heavy atom. The molecule has 0 aliphatic heterocycles. The van der Waals surface area contributed by atoms with E-state index in [0.29, 0.717) is 0 Å². The quantitative estimate of drug-likeness (QED) is 0.319. The van der Waals surface area contributed by atoms with Crippen LogP contribution in [0.4, 0.5) is 24.6 Å². The summed E-state index contributed by atoms with van der Waals surface area (Å²) in [6, 6.07) is 0. The van der Waals surface area contributed by atoms with E-state index in [2.05, 4.69) is 0 Å². The SMILES string of the molecule is F[Si](F)(F)[Si](F)(F)F. The van der Waals surface area contributed by atoms with Crippen LogP contribution in [0.2, 0.25) is 0 Å². The van der Waals surface area contributed by atoms with Gasteiger partial charge in [0, 0.05) is 0 Å². The largest absolute Gasteiger partial charge is 0.705 e. The molecule has 0 aliphatic rings. The molecule has 0 atom stereocenters. The van der Waals surface area contributed by atoms with E-state index in [4.69, 9.17) is 0 Å². The molecule has 0 aliphatic carbocycles. The molecule has 0 amide bonds. The summed E-state index contributed by atoms with van der Waals surface area (Å²) in [5.41, 5.74) is 0. The van der Waals surface area contributed by atoms with Crippen molar-refractivity contribution in [1.82, 2.24) is 0 Å². The van der Waals surface area contributed by atoms with E-state index >= 15 is 0 Å². The summed E-state index contributed by atoms with van der Waals surface area (Å²) in [7, 11) is -14.4. The average molecular weight is 170 g/mol. The van der Waals surface area contributed by atoms with Crippen LogP contribution in [0.25, 0.3) is 0 Å². The minimum absolute atomic E-state index is 7.22. The molecule has 0 aromatic rings.